The molecule has 1 aromatic heterocycles. The smallest absolute Gasteiger partial charge is 0.267 e. The van der Waals surface area contributed by atoms with Crippen molar-refractivity contribution >= 4 is 28.2 Å². The lowest BCUT2D eigenvalue weighted by Gasteiger charge is -2.34. The number of nitrogens with one attached hydrogen (secondary N) is 1. The van der Waals surface area contributed by atoms with E-state index in [-0.39, 0.29) is 5.91 Å². The van der Waals surface area contributed by atoms with E-state index in [0.717, 1.165) is 24.5 Å². The Kier molecular flexibility index (Phi) is 4.29. The molecule has 5 nitrogen and oxygen atoms in total. The second-order valence-electron chi connectivity index (χ2n) is 5.51. The van der Waals surface area contributed by atoms with Crippen LogP contribution in [0.1, 0.15) is 42.8 Å². The SMILES string of the molecule is CC(C)CNc1nc(N)c(C(=O)N(C)C2CCC2)s1. The van der Waals surface area contributed by atoms with Gasteiger partial charge in [0.1, 0.15) is 10.7 Å². The summed E-state index contributed by atoms with van der Waals surface area (Å²) in [7, 11) is 1.85. The lowest BCUT2D eigenvalue weighted by Crippen LogP contribution is -2.41. The van der Waals surface area contributed by atoms with Crippen molar-refractivity contribution in [2.45, 2.75) is 39.2 Å². The van der Waals surface area contributed by atoms with Gasteiger partial charge in [0.05, 0.1) is 0 Å². The second-order valence-corrected chi connectivity index (χ2v) is 6.51. The number of rotatable bonds is 5. The quantitative estimate of drug-likeness (QED) is 0.870. The van der Waals surface area contributed by atoms with Crippen molar-refractivity contribution in [2.24, 2.45) is 5.92 Å². The number of carbonyl (C=O) groups is 1. The van der Waals surface area contributed by atoms with Crippen molar-refractivity contribution in [3.05, 3.63) is 4.88 Å². The molecule has 2 rings (SSSR count). The highest BCUT2D eigenvalue weighted by Gasteiger charge is 2.28. The summed E-state index contributed by atoms with van der Waals surface area (Å²) in [6.07, 6.45) is 3.40. The summed E-state index contributed by atoms with van der Waals surface area (Å²) in [4.78, 5) is 18.9. The van der Waals surface area contributed by atoms with Crippen LogP contribution in [-0.4, -0.2) is 35.4 Å². The van der Waals surface area contributed by atoms with Gasteiger partial charge in [-0.1, -0.05) is 25.2 Å². The Morgan fingerprint density at radius 2 is 2.26 bits per heavy atom. The van der Waals surface area contributed by atoms with Crippen molar-refractivity contribution in [1.29, 1.82) is 0 Å². The highest BCUT2D eigenvalue weighted by molar-refractivity contribution is 7.18. The largest absolute Gasteiger partial charge is 0.382 e. The van der Waals surface area contributed by atoms with Crippen LogP contribution in [0, 0.1) is 5.92 Å². The third-order valence-corrected chi connectivity index (χ3v) is 4.47. The predicted octanol–water partition coefficient (Wildman–Crippen LogP) is 2.42. The van der Waals surface area contributed by atoms with E-state index in [0.29, 0.717) is 22.7 Å². The molecule has 1 aromatic rings. The van der Waals surface area contributed by atoms with Crippen LogP contribution in [0.3, 0.4) is 0 Å². The normalized spacial score (nSPS) is 15.4. The van der Waals surface area contributed by atoms with Crippen molar-refractivity contribution in [3.8, 4) is 0 Å². The van der Waals surface area contributed by atoms with E-state index in [2.05, 4.69) is 24.1 Å². The fourth-order valence-corrected chi connectivity index (χ4v) is 2.83. The van der Waals surface area contributed by atoms with Gasteiger partial charge in [-0.3, -0.25) is 4.79 Å². The summed E-state index contributed by atoms with van der Waals surface area (Å²) in [5.41, 5.74) is 5.86. The zero-order valence-electron chi connectivity index (χ0n) is 11.8. The predicted molar refractivity (Wildman–Crippen MR) is 79.6 cm³/mol. The molecular formula is C13H22N4OS. The molecule has 1 heterocycles. The van der Waals surface area contributed by atoms with Gasteiger partial charge in [0, 0.05) is 19.6 Å². The number of thiazole rings is 1. The fraction of sp³-hybridized carbons (Fsp3) is 0.692. The van der Waals surface area contributed by atoms with Crippen molar-refractivity contribution in [1.82, 2.24) is 9.88 Å². The Balaban J connectivity index is 2.04. The summed E-state index contributed by atoms with van der Waals surface area (Å²) in [6, 6.07) is 0.376. The lowest BCUT2D eigenvalue weighted by molar-refractivity contribution is 0.0658. The molecule has 0 saturated heterocycles. The maximum atomic E-state index is 12.3. The molecule has 1 amide bonds. The number of nitrogen functional groups attached to an aromatic ring is 1. The van der Waals surface area contributed by atoms with Crippen molar-refractivity contribution in [3.63, 3.8) is 0 Å². The first kappa shape index (κ1) is 14.1. The molecule has 0 spiro atoms. The van der Waals surface area contributed by atoms with Gasteiger partial charge in [0.15, 0.2) is 5.13 Å². The first-order chi connectivity index (χ1) is 8.99. The minimum absolute atomic E-state index is 0.00250. The topological polar surface area (TPSA) is 71.2 Å². The van der Waals surface area contributed by atoms with E-state index in [1.807, 2.05) is 7.05 Å². The maximum absolute atomic E-state index is 12.3. The van der Waals surface area contributed by atoms with Gasteiger partial charge >= 0.3 is 0 Å². The summed E-state index contributed by atoms with van der Waals surface area (Å²) >= 11 is 1.35. The zero-order chi connectivity index (χ0) is 14.0. The Hall–Kier alpha value is -1.30. The van der Waals surface area contributed by atoms with E-state index in [1.54, 1.807) is 4.90 Å². The number of hydrogen-bond donors (Lipinski definition) is 2. The minimum atomic E-state index is -0.00250. The van der Waals surface area contributed by atoms with Crippen LogP contribution >= 0.6 is 11.3 Å². The van der Waals surface area contributed by atoms with Crippen LogP contribution in [0.25, 0.3) is 0 Å². The van der Waals surface area contributed by atoms with Gasteiger partial charge in [0.2, 0.25) is 0 Å². The third kappa shape index (κ3) is 3.18. The van der Waals surface area contributed by atoms with Crippen molar-refractivity contribution in [2.75, 3.05) is 24.6 Å². The standard InChI is InChI=1S/C13H22N4OS/c1-8(2)7-15-13-16-11(14)10(19-13)12(18)17(3)9-5-4-6-9/h8-9H,4-7,14H2,1-3H3,(H,15,16). The summed E-state index contributed by atoms with van der Waals surface area (Å²) in [5.74, 6) is 0.867. The highest BCUT2D eigenvalue weighted by atomic mass is 32.1. The van der Waals surface area contributed by atoms with E-state index in [4.69, 9.17) is 5.73 Å². The van der Waals surface area contributed by atoms with Gasteiger partial charge < -0.3 is 16.0 Å². The van der Waals surface area contributed by atoms with E-state index >= 15 is 0 Å². The summed E-state index contributed by atoms with van der Waals surface area (Å²) in [6.45, 7) is 5.08. The van der Waals surface area contributed by atoms with Crippen LogP contribution in [-0.2, 0) is 0 Å². The fourth-order valence-electron chi connectivity index (χ4n) is 1.95. The van der Waals surface area contributed by atoms with Crippen LogP contribution in [0.4, 0.5) is 10.9 Å². The van der Waals surface area contributed by atoms with Gasteiger partial charge in [-0.05, 0) is 25.2 Å². The molecule has 0 bridgehead atoms. The Labute approximate surface area is 118 Å². The molecule has 0 radical (unpaired) electrons. The summed E-state index contributed by atoms with van der Waals surface area (Å²) in [5, 5.41) is 3.95. The lowest BCUT2D eigenvalue weighted by atomic mass is 9.92. The first-order valence-electron chi connectivity index (χ1n) is 6.76. The number of carbonyl (C=O) groups excluding carboxylic acids is 1. The average Bonchev–Trinajstić information content (AvgIpc) is 2.64. The average molecular weight is 282 g/mol. The molecule has 0 aromatic carbocycles. The highest BCUT2D eigenvalue weighted by Crippen LogP contribution is 2.30. The molecule has 1 fully saturated rings. The number of anilines is 2. The van der Waals surface area contributed by atoms with Crippen LogP contribution in [0.2, 0.25) is 0 Å². The number of nitrogens with two attached hydrogens (primary N) is 1. The monoisotopic (exact) mass is 282 g/mol. The first-order valence-corrected chi connectivity index (χ1v) is 7.58. The second kappa shape index (κ2) is 5.77. The molecule has 3 N–H and O–H groups in total. The third-order valence-electron chi connectivity index (χ3n) is 3.45. The zero-order valence-corrected chi connectivity index (χ0v) is 12.6. The Morgan fingerprint density at radius 1 is 1.58 bits per heavy atom. The molecule has 19 heavy (non-hydrogen) atoms. The number of amides is 1. The molecule has 1 aliphatic carbocycles. The molecule has 0 aliphatic heterocycles. The molecule has 0 unspecified atom stereocenters. The Bertz CT molecular complexity index is 453. The Morgan fingerprint density at radius 3 is 2.79 bits per heavy atom. The van der Waals surface area contributed by atoms with Crippen LogP contribution < -0.4 is 11.1 Å². The number of aromatic nitrogens is 1. The molecule has 106 valence electrons. The van der Waals surface area contributed by atoms with Crippen LogP contribution in [0.5, 0.6) is 0 Å². The molecule has 6 heteroatoms. The number of nitrogens with zero attached hydrogens (tertiary/aromatic N) is 2. The molecule has 1 aliphatic rings. The molecule has 1 saturated carbocycles. The minimum Gasteiger partial charge on any atom is -0.382 e. The molecular weight excluding hydrogens is 260 g/mol. The maximum Gasteiger partial charge on any atom is 0.267 e. The van der Waals surface area contributed by atoms with Crippen molar-refractivity contribution < 1.29 is 4.79 Å². The molecule has 0 atom stereocenters. The summed E-state index contributed by atoms with van der Waals surface area (Å²) < 4.78 is 0. The van der Waals surface area contributed by atoms with Gasteiger partial charge in [-0.2, -0.15) is 0 Å². The van der Waals surface area contributed by atoms with E-state index < -0.39 is 0 Å². The number of hydrogen-bond acceptors (Lipinski definition) is 5. The van der Waals surface area contributed by atoms with Gasteiger partial charge in [-0.15, -0.1) is 0 Å². The van der Waals surface area contributed by atoms with E-state index in [9.17, 15) is 4.79 Å². The van der Waals surface area contributed by atoms with Gasteiger partial charge in [-0.25, -0.2) is 4.98 Å². The van der Waals surface area contributed by atoms with Crippen LogP contribution in [0.15, 0.2) is 0 Å². The van der Waals surface area contributed by atoms with Gasteiger partial charge in [0.25, 0.3) is 5.91 Å². The van der Waals surface area contributed by atoms with E-state index in [1.165, 1.54) is 17.8 Å².